The Kier molecular flexibility index (Phi) is 3.32. The highest BCUT2D eigenvalue weighted by Crippen LogP contribution is 2.50. The van der Waals surface area contributed by atoms with E-state index >= 15 is 0 Å². The lowest BCUT2D eigenvalue weighted by molar-refractivity contribution is 0.00878. The zero-order valence-electron chi connectivity index (χ0n) is 11.2. The second-order valence-corrected chi connectivity index (χ2v) is 6.04. The molecule has 2 aromatic rings. The Morgan fingerprint density at radius 2 is 2.11 bits per heavy atom. The molecule has 1 aliphatic rings. The van der Waals surface area contributed by atoms with Crippen LogP contribution >= 0.6 is 11.6 Å². The highest BCUT2D eigenvalue weighted by atomic mass is 35.5. The van der Waals surface area contributed by atoms with Crippen LogP contribution in [0.25, 0.3) is 11.0 Å². The van der Waals surface area contributed by atoms with E-state index in [4.69, 9.17) is 16.0 Å². The molecule has 1 fully saturated rings. The molecule has 0 spiro atoms. The number of hydrogen-bond donors (Lipinski definition) is 1. The minimum absolute atomic E-state index is 0.0135. The molecule has 1 atom stereocenters. The summed E-state index contributed by atoms with van der Waals surface area (Å²) in [6.45, 7) is 2.16. The highest BCUT2D eigenvalue weighted by molar-refractivity contribution is 6.34. The maximum Gasteiger partial charge on any atom is 0.152 e. The monoisotopic (exact) mass is 278 g/mol. The molecular weight excluding hydrogens is 260 g/mol. The van der Waals surface area contributed by atoms with Crippen LogP contribution in [-0.2, 0) is 0 Å². The number of furan rings is 1. The first kappa shape index (κ1) is 13.0. The molecule has 2 nitrogen and oxygen atoms in total. The van der Waals surface area contributed by atoms with Crippen LogP contribution in [0.15, 0.2) is 28.7 Å². The fourth-order valence-electron chi connectivity index (χ4n) is 3.38. The summed E-state index contributed by atoms with van der Waals surface area (Å²) in [5.74, 6) is 0.659. The summed E-state index contributed by atoms with van der Waals surface area (Å²) in [5, 5.41) is 12.3. The van der Waals surface area contributed by atoms with E-state index in [-0.39, 0.29) is 5.41 Å². The fourth-order valence-corrected chi connectivity index (χ4v) is 3.60. The summed E-state index contributed by atoms with van der Waals surface area (Å²) in [6, 6.07) is 7.62. The van der Waals surface area contributed by atoms with Gasteiger partial charge >= 0.3 is 0 Å². The molecule has 1 N–H and O–H groups in total. The third-order valence-corrected chi connectivity index (χ3v) is 4.97. The van der Waals surface area contributed by atoms with Gasteiger partial charge in [-0.25, -0.2) is 0 Å². The summed E-state index contributed by atoms with van der Waals surface area (Å²) < 4.78 is 5.82. The van der Waals surface area contributed by atoms with Gasteiger partial charge in [-0.1, -0.05) is 43.5 Å². The molecule has 1 aliphatic carbocycles. The Hall–Kier alpha value is -0.990. The van der Waals surface area contributed by atoms with Crippen LogP contribution < -0.4 is 0 Å². The predicted molar refractivity (Wildman–Crippen MR) is 77.4 cm³/mol. The van der Waals surface area contributed by atoms with Crippen LogP contribution in [-0.4, -0.2) is 5.11 Å². The van der Waals surface area contributed by atoms with Crippen molar-refractivity contribution in [1.82, 2.24) is 0 Å². The smallest absolute Gasteiger partial charge is 0.152 e. The number of benzene rings is 1. The summed E-state index contributed by atoms with van der Waals surface area (Å²) >= 11 is 6.13. The molecule has 3 heteroatoms. The van der Waals surface area contributed by atoms with E-state index in [1.165, 1.54) is 12.8 Å². The minimum atomic E-state index is -0.525. The van der Waals surface area contributed by atoms with Crippen LogP contribution in [0, 0.1) is 5.41 Å². The Labute approximate surface area is 118 Å². The van der Waals surface area contributed by atoms with Crippen molar-refractivity contribution in [2.45, 2.75) is 45.1 Å². The topological polar surface area (TPSA) is 33.4 Å². The molecule has 1 unspecified atom stereocenters. The largest absolute Gasteiger partial charge is 0.457 e. The highest BCUT2D eigenvalue weighted by Gasteiger charge is 2.41. The van der Waals surface area contributed by atoms with Crippen molar-refractivity contribution >= 4 is 22.6 Å². The molecule has 1 aromatic carbocycles. The summed E-state index contributed by atoms with van der Waals surface area (Å²) in [6.07, 6.45) is 5.02. The lowest BCUT2D eigenvalue weighted by atomic mass is 9.77. The van der Waals surface area contributed by atoms with Gasteiger partial charge in [-0.3, -0.25) is 0 Å². The first-order chi connectivity index (χ1) is 9.16. The van der Waals surface area contributed by atoms with Gasteiger partial charge in [0.05, 0.1) is 5.02 Å². The molecule has 3 rings (SSSR count). The molecule has 1 heterocycles. The lowest BCUT2D eigenvalue weighted by Gasteiger charge is -2.31. The van der Waals surface area contributed by atoms with E-state index in [9.17, 15) is 5.11 Å². The van der Waals surface area contributed by atoms with E-state index in [0.29, 0.717) is 16.4 Å². The van der Waals surface area contributed by atoms with Gasteiger partial charge < -0.3 is 9.52 Å². The predicted octanol–water partition coefficient (Wildman–Crippen LogP) is 5.09. The van der Waals surface area contributed by atoms with Gasteiger partial charge in [-0.2, -0.15) is 0 Å². The minimum Gasteiger partial charge on any atom is -0.457 e. The number of aliphatic hydroxyl groups is 1. The summed E-state index contributed by atoms with van der Waals surface area (Å²) in [5.41, 5.74) is 0.669. The van der Waals surface area contributed by atoms with E-state index in [1.807, 2.05) is 24.3 Å². The van der Waals surface area contributed by atoms with Crippen molar-refractivity contribution in [2.24, 2.45) is 5.41 Å². The van der Waals surface area contributed by atoms with Crippen molar-refractivity contribution in [3.63, 3.8) is 0 Å². The van der Waals surface area contributed by atoms with Gasteiger partial charge in [-0.15, -0.1) is 0 Å². The van der Waals surface area contributed by atoms with E-state index < -0.39 is 6.10 Å². The van der Waals surface area contributed by atoms with E-state index in [0.717, 1.165) is 24.6 Å². The summed E-state index contributed by atoms with van der Waals surface area (Å²) in [4.78, 5) is 0. The van der Waals surface area contributed by atoms with Crippen LogP contribution in [0.5, 0.6) is 0 Å². The van der Waals surface area contributed by atoms with Crippen molar-refractivity contribution in [3.05, 3.63) is 35.0 Å². The molecule has 0 radical (unpaired) electrons. The zero-order chi connectivity index (χ0) is 13.5. The van der Waals surface area contributed by atoms with Gasteiger partial charge in [0.1, 0.15) is 11.9 Å². The van der Waals surface area contributed by atoms with Crippen molar-refractivity contribution in [1.29, 1.82) is 0 Å². The third-order valence-electron chi connectivity index (χ3n) is 4.67. The number of hydrogen-bond acceptors (Lipinski definition) is 2. The average molecular weight is 279 g/mol. The van der Waals surface area contributed by atoms with E-state index in [1.54, 1.807) is 0 Å². The number of rotatable bonds is 3. The van der Waals surface area contributed by atoms with Crippen molar-refractivity contribution < 1.29 is 9.52 Å². The van der Waals surface area contributed by atoms with Crippen molar-refractivity contribution in [3.8, 4) is 0 Å². The lowest BCUT2D eigenvalue weighted by Crippen LogP contribution is -2.24. The van der Waals surface area contributed by atoms with Crippen LogP contribution in [0.3, 0.4) is 0 Å². The number of fused-ring (bicyclic) bond motifs is 1. The Morgan fingerprint density at radius 3 is 2.74 bits per heavy atom. The molecule has 1 aromatic heterocycles. The van der Waals surface area contributed by atoms with Crippen molar-refractivity contribution in [2.75, 3.05) is 0 Å². The van der Waals surface area contributed by atoms with Gasteiger partial charge in [0.2, 0.25) is 0 Å². The Balaban J connectivity index is 2.01. The molecule has 19 heavy (non-hydrogen) atoms. The fraction of sp³-hybridized carbons (Fsp3) is 0.500. The maximum atomic E-state index is 10.7. The molecule has 102 valence electrons. The quantitative estimate of drug-likeness (QED) is 0.848. The number of para-hydroxylation sites is 1. The van der Waals surface area contributed by atoms with Gasteiger partial charge in [0.15, 0.2) is 5.58 Å². The Morgan fingerprint density at radius 1 is 1.37 bits per heavy atom. The molecule has 1 saturated carbocycles. The normalized spacial score (nSPS) is 19.9. The number of halogens is 1. The van der Waals surface area contributed by atoms with Gasteiger partial charge in [0.25, 0.3) is 0 Å². The van der Waals surface area contributed by atoms with Crippen LogP contribution in [0.4, 0.5) is 0 Å². The standard InChI is InChI=1S/C16H19ClO2/c1-2-16(8-3-4-9-16)15(18)13-10-11-6-5-7-12(17)14(11)19-13/h5-7,10,15,18H,2-4,8-9H2,1H3. The second-order valence-electron chi connectivity index (χ2n) is 5.63. The van der Waals surface area contributed by atoms with Gasteiger partial charge in [0, 0.05) is 10.8 Å². The zero-order valence-corrected chi connectivity index (χ0v) is 11.9. The first-order valence-electron chi connectivity index (χ1n) is 7.02. The van der Waals surface area contributed by atoms with E-state index in [2.05, 4.69) is 6.92 Å². The van der Waals surface area contributed by atoms with Crippen LogP contribution in [0.1, 0.15) is 50.9 Å². The van der Waals surface area contributed by atoms with Crippen LogP contribution in [0.2, 0.25) is 5.02 Å². The molecular formula is C16H19ClO2. The maximum absolute atomic E-state index is 10.7. The second kappa shape index (κ2) is 4.84. The first-order valence-corrected chi connectivity index (χ1v) is 7.40. The SMILES string of the molecule is CCC1(C(O)c2cc3cccc(Cl)c3o2)CCCC1. The summed E-state index contributed by atoms with van der Waals surface area (Å²) in [7, 11) is 0. The molecule has 0 aliphatic heterocycles. The number of aliphatic hydroxyl groups excluding tert-OH is 1. The molecule has 0 saturated heterocycles. The Bertz CT molecular complexity index is 581. The van der Waals surface area contributed by atoms with Gasteiger partial charge in [-0.05, 0) is 31.4 Å². The molecule has 0 amide bonds. The molecule has 0 bridgehead atoms. The average Bonchev–Trinajstić information content (AvgIpc) is 3.06. The third kappa shape index (κ3) is 2.07.